The number of phenols is 1. The Bertz CT molecular complexity index is 517. The molecule has 1 aromatic carbocycles. The van der Waals surface area contributed by atoms with Gasteiger partial charge < -0.3 is 9.84 Å². The molecule has 0 bridgehead atoms. The zero-order valence-corrected chi connectivity index (χ0v) is 9.21. The van der Waals surface area contributed by atoms with Crippen molar-refractivity contribution in [2.24, 2.45) is 0 Å². The number of benzene rings is 1. The summed E-state index contributed by atoms with van der Waals surface area (Å²) in [6.07, 6.45) is -4.94. The van der Waals surface area contributed by atoms with Crippen molar-refractivity contribution < 1.29 is 27.8 Å². The number of ether oxygens (including phenoxy) is 1. The van der Waals surface area contributed by atoms with Crippen LogP contribution in [0.25, 0.3) is 0 Å². The van der Waals surface area contributed by atoms with Crippen LogP contribution in [0.4, 0.5) is 13.2 Å². The number of rotatable bonds is 2. The molecule has 0 spiro atoms. The first-order valence-corrected chi connectivity index (χ1v) is 4.83. The Hall–Kier alpha value is -2.23. The van der Waals surface area contributed by atoms with Crippen molar-refractivity contribution in [1.82, 2.24) is 0 Å². The van der Waals surface area contributed by atoms with Gasteiger partial charge in [-0.2, -0.15) is 18.4 Å². The maximum Gasteiger partial charge on any atom is 0.418 e. The van der Waals surface area contributed by atoms with Gasteiger partial charge in [-0.3, -0.25) is 0 Å². The number of hydrogen-bond acceptors (Lipinski definition) is 4. The molecule has 0 heterocycles. The van der Waals surface area contributed by atoms with Crippen LogP contribution in [0.1, 0.15) is 28.4 Å². The highest BCUT2D eigenvalue weighted by molar-refractivity contribution is 5.95. The molecule has 4 nitrogen and oxygen atoms in total. The van der Waals surface area contributed by atoms with Crippen molar-refractivity contribution in [3.8, 4) is 11.8 Å². The fraction of sp³-hybridized carbons (Fsp3) is 0.273. The van der Waals surface area contributed by atoms with E-state index in [1.54, 1.807) is 0 Å². The molecule has 0 atom stereocenters. The van der Waals surface area contributed by atoms with Gasteiger partial charge in [-0.05, 0) is 19.1 Å². The lowest BCUT2D eigenvalue weighted by molar-refractivity contribution is -0.138. The third-order valence-corrected chi connectivity index (χ3v) is 2.07. The second-order valence-electron chi connectivity index (χ2n) is 3.21. The van der Waals surface area contributed by atoms with E-state index in [4.69, 9.17) is 5.26 Å². The number of esters is 1. The largest absolute Gasteiger partial charge is 0.507 e. The van der Waals surface area contributed by atoms with E-state index in [1.807, 2.05) is 0 Å². The molecule has 0 radical (unpaired) electrons. The van der Waals surface area contributed by atoms with Crippen molar-refractivity contribution in [2.75, 3.05) is 6.61 Å². The quantitative estimate of drug-likeness (QED) is 0.828. The molecule has 0 saturated carbocycles. The highest BCUT2D eigenvalue weighted by Crippen LogP contribution is 2.38. The van der Waals surface area contributed by atoms with Crippen LogP contribution in [0.15, 0.2) is 12.1 Å². The van der Waals surface area contributed by atoms with Crippen LogP contribution < -0.4 is 0 Å². The Labute approximate surface area is 100 Å². The van der Waals surface area contributed by atoms with E-state index < -0.39 is 34.6 Å². The van der Waals surface area contributed by atoms with Crippen molar-refractivity contribution in [2.45, 2.75) is 13.1 Å². The van der Waals surface area contributed by atoms with Crippen molar-refractivity contribution in [3.63, 3.8) is 0 Å². The van der Waals surface area contributed by atoms with E-state index in [0.717, 1.165) is 12.1 Å². The van der Waals surface area contributed by atoms with E-state index in [1.165, 1.54) is 13.0 Å². The van der Waals surface area contributed by atoms with Crippen molar-refractivity contribution in [1.29, 1.82) is 5.26 Å². The number of phenolic OH excluding ortho intramolecular Hbond substituents is 1. The Kier molecular flexibility index (Phi) is 3.81. The van der Waals surface area contributed by atoms with Gasteiger partial charge in [0.05, 0.1) is 23.8 Å². The summed E-state index contributed by atoms with van der Waals surface area (Å²) in [5.41, 5.74) is -3.27. The van der Waals surface area contributed by atoms with Crippen LogP contribution >= 0.6 is 0 Å². The van der Waals surface area contributed by atoms with Crippen LogP contribution in [0.5, 0.6) is 5.75 Å². The minimum Gasteiger partial charge on any atom is -0.507 e. The number of nitriles is 1. The fourth-order valence-electron chi connectivity index (χ4n) is 1.39. The van der Waals surface area contributed by atoms with Crippen LogP contribution in [-0.4, -0.2) is 17.7 Å². The monoisotopic (exact) mass is 259 g/mol. The minimum atomic E-state index is -4.94. The first-order chi connectivity index (χ1) is 8.32. The molecule has 0 fully saturated rings. The Morgan fingerprint density at radius 3 is 2.56 bits per heavy atom. The number of nitrogens with zero attached hydrogens (tertiary/aromatic N) is 1. The van der Waals surface area contributed by atoms with E-state index in [-0.39, 0.29) is 6.61 Å². The number of carbonyl (C=O) groups excluding carboxylic acids is 1. The molecule has 96 valence electrons. The number of alkyl halides is 3. The van der Waals surface area contributed by atoms with Crippen LogP contribution in [0, 0.1) is 11.3 Å². The second-order valence-corrected chi connectivity index (χ2v) is 3.21. The summed E-state index contributed by atoms with van der Waals surface area (Å²) in [5.74, 6) is -2.20. The summed E-state index contributed by atoms with van der Waals surface area (Å²) in [7, 11) is 0. The molecule has 0 aromatic heterocycles. The first kappa shape index (κ1) is 13.8. The summed E-state index contributed by atoms with van der Waals surface area (Å²) in [6.45, 7) is 1.27. The Morgan fingerprint density at radius 2 is 2.11 bits per heavy atom. The van der Waals surface area contributed by atoms with Crippen molar-refractivity contribution >= 4 is 5.97 Å². The molecule has 1 rings (SSSR count). The van der Waals surface area contributed by atoms with E-state index >= 15 is 0 Å². The molecule has 0 saturated heterocycles. The van der Waals surface area contributed by atoms with Gasteiger partial charge >= 0.3 is 12.1 Å². The molecule has 0 unspecified atom stereocenters. The number of hydrogen-bond donors (Lipinski definition) is 1. The molecule has 0 amide bonds. The van der Waals surface area contributed by atoms with Crippen LogP contribution in [-0.2, 0) is 10.9 Å². The molecule has 0 aliphatic rings. The third-order valence-electron chi connectivity index (χ3n) is 2.07. The van der Waals surface area contributed by atoms with Gasteiger partial charge in [0.2, 0.25) is 0 Å². The second kappa shape index (κ2) is 4.96. The zero-order chi connectivity index (χ0) is 13.9. The highest BCUT2D eigenvalue weighted by Gasteiger charge is 2.40. The Balaban J connectivity index is 3.58. The molecule has 1 aromatic rings. The van der Waals surface area contributed by atoms with Crippen LogP contribution in [0.3, 0.4) is 0 Å². The summed E-state index contributed by atoms with van der Waals surface area (Å²) in [5, 5.41) is 18.0. The van der Waals surface area contributed by atoms with E-state index in [9.17, 15) is 23.1 Å². The SMILES string of the molecule is CCOC(=O)c1c(O)ccc(C#N)c1C(F)(F)F. The van der Waals surface area contributed by atoms with E-state index in [0.29, 0.717) is 0 Å². The van der Waals surface area contributed by atoms with E-state index in [2.05, 4.69) is 4.74 Å². The smallest absolute Gasteiger partial charge is 0.418 e. The van der Waals surface area contributed by atoms with Gasteiger partial charge in [-0.25, -0.2) is 4.79 Å². The maximum absolute atomic E-state index is 12.8. The van der Waals surface area contributed by atoms with Gasteiger partial charge in [0.25, 0.3) is 0 Å². The lowest BCUT2D eigenvalue weighted by atomic mass is 10.00. The summed E-state index contributed by atoms with van der Waals surface area (Å²) >= 11 is 0. The average Bonchev–Trinajstić information content (AvgIpc) is 2.27. The summed E-state index contributed by atoms with van der Waals surface area (Å²) in [4.78, 5) is 11.4. The first-order valence-electron chi connectivity index (χ1n) is 4.83. The van der Waals surface area contributed by atoms with Gasteiger partial charge in [-0.1, -0.05) is 0 Å². The molecular formula is C11H8F3NO3. The van der Waals surface area contributed by atoms with Gasteiger partial charge in [0.15, 0.2) is 0 Å². The predicted molar refractivity (Wildman–Crippen MR) is 53.8 cm³/mol. The lowest BCUT2D eigenvalue weighted by Gasteiger charge is -2.14. The van der Waals surface area contributed by atoms with Crippen LogP contribution in [0.2, 0.25) is 0 Å². The average molecular weight is 259 g/mol. The lowest BCUT2D eigenvalue weighted by Crippen LogP contribution is -2.17. The maximum atomic E-state index is 12.8. The zero-order valence-electron chi connectivity index (χ0n) is 9.21. The number of carbonyl (C=O) groups is 1. The Morgan fingerprint density at radius 1 is 1.50 bits per heavy atom. The normalized spacial score (nSPS) is 10.8. The summed E-state index contributed by atoms with van der Waals surface area (Å²) in [6, 6.07) is 2.97. The van der Waals surface area contributed by atoms with Gasteiger partial charge in [0, 0.05) is 0 Å². The van der Waals surface area contributed by atoms with Gasteiger partial charge in [-0.15, -0.1) is 0 Å². The van der Waals surface area contributed by atoms with Crippen molar-refractivity contribution in [3.05, 3.63) is 28.8 Å². The highest BCUT2D eigenvalue weighted by atomic mass is 19.4. The third kappa shape index (κ3) is 2.53. The fourth-order valence-corrected chi connectivity index (χ4v) is 1.39. The molecule has 18 heavy (non-hydrogen) atoms. The molecule has 1 N–H and O–H groups in total. The molecule has 0 aliphatic heterocycles. The topological polar surface area (TPSA) is 70.3 Å². The predicted octanol–water partition coefficient (Wildman–Crippen LogP) is 2.46. The summed E-state index contributed by atoms with van der Waals surface area (Å²) < 4.78 is 42.9. The standard InChI is InChI=1S/C11H8F3NO3/c1-2-18-10(17)8-7(16)4-3-6(5-15)9(8)11(12,13)14/h3-4,16H,2H2,1H3. The minimum absolute atomic E-state index is 0.146. The molecule has 0 aliphatic carbocycles. The van der Waals surface area contributed by atoms with Gasteiger partial charge in [0.1, 0.15) is 11.3 Å². The number of halogens is 3. The molecule has 7 heteroatoms. The molecular weight excluding hydrogens is 251 g/mol. The number of aromatic hydroxyl groups is 1.